The van der Waals surface area contributed by atoms with Crippen molar-refractivity contribution in [1.82, 2.24) is 14.7 Å². The summed E-state index contributed by atoms with van der Waals surface area (Å²) in [5, 5.41) is 3.91. The fraction of sp³-hybridized carbons (Fsp3) is 0.350. The van der Waals surface area contributed by atoms with Crippen molar-refractivity contribution in [3.8, 4) is 5.75 Å². The number of aromatic nitrogens is 2. The minimum Gasteiger partial charge on any atom is -0.489 e. The normalized spacial score (nSPS) is 15.6. The van der Waals surface area contributed by atoms with Crippen LogP contribution in [0.15, 0.2) is 41.3 Å². The Kier molecular flexibility index (Phi) is 6.50. The highest BCUT2D eigenvalue weighted by Crippen LogP contribution is 2.36. The van der Waals surface area contributed by atoms with E-state index in [1.165, 1.54) is 36.1 Å². The van der Waals surface area contributed by atoms with Gasteiger partial charge in [0.1, 0.15) is 11.9 Å². The first-order chi connectivity index (χ1) is 14.1. The molecule has 0 saturated carbocycles. The highest BCUT2D eigenvalue weighted by molar-refractivity contribution is 6.32. The molecule has 1 amide bonds. The summed E-state index contributed by atoms with van der Waals surface area (Å²) in [4.78, 5) is 25.9. The zero-order valence-electron chi connectivity index (χ0n) is 16.0. The number of alkyl halides is 3. The highest BCUT2D eigenvalue weighted by Gasteiger charge is 2.32. The third kappa shape index (κ3) is 5.21. The summed E-state index contributed by atoms with van der Waals surface area (Å²) in [7, 11) is 1.52. The van der Waals surface area contributed by atoms with Crippen LogP contribution in [-0.4, -0.2) is 39.8 Å². The van der Waals surface area contributed by atoms with Crippen molar-refractivity contribution in [2.45, 2.75) is 25.1 Å². The number of piperidine rings is 1. The van der Waals surface area contributed by atoms with Crippen LogP contribution in [0.2, 0.25) is 5.02 Å². The van der Waals surface area contributed by atoms with Crippen LogP contribution >= 0.6 is 11.6 Å². The van der Waals surface area contributed by atoms with Crippen molar-refractivity contribution < 1.29 is 22.7 Å². The first-order valence-corrected chi connectivity index (χ1v) is 9.55. The Morgan fingerprint density at radius 3 is 2.63 bits per heavy atom. The molecule has 30 heavy (non-hydrogen) atoms. The molecule has 0 aliphatic carbocycles. The molecule has 0 unspecified atom stereocenters. The third-order valence-corrected chi connectivity index (χ3v) is 5.06. The standard InChI is InChI=1S/C20H19ClF3N3O3/c1-26-19(29)13(6-9-25-26)2-5-18(28)27-10-7-15(8-11-27)30-17-12-14(20(22,23)24)3-4-16(17)21/h2-6,9,12,15H,7-8,10-11H2,1H3/b5-2+. The van der Waals surface area contributed by atoms with Gasteiger partial charge in [-0.1, -0.05) is 11.6 Å². The van der Waals surface area contributed by atoms with Gasteiger partial charge in [-0.25, -0.2) is 4.68 Å². The molecule has 0 N–H and O–H groups in total. The number of halogens is 4. The van der Waals surface area contributed by atoms with Gasteiger partial charge in [-0.3, -0.25) is 9.59 Å². The van der Waals surface area contributed by atoms with Crippen LogP contribution in [0.25, 0.3) is 6.08 Å². The average molecular weight is 442 g/mol. The van der Waals surface area contributed by atoms with E-state index in [1.807, 2.05) is 0 Å². The number of amides is 1. The van der Waals surface area contributed by atoms with Crippen molar-refractivity contribution in [3.05, 3.63) is 63.0 Å². The van der Waals surface area contributed by atoms with Crippen molar-refractivity contribution in [3.63, 3.8) is 0 Å². The smallest absolute Gasteiger partial charge is 0.416 e. The van der Waals surface area contributed by atoms with Gasteiger partial charge >= 0.3 is 6.18 Å². The van der Waals surface area contributed by atoms with Crippen LogP contribution < -0.4 is 10.3 Å². The topological polar surface area (TPSA) is 64.4 Å². The maximum Gasteiger partial charge on any atom is 0.416 e. The Morgan fingerprint density at radius 2 is 1.97 bits per heavy atom. The van der Waals surface area contributed by atoms with Gasteiger partial charge in [-0.05, 0) is 30.3 Å². The molecule has 0 radical (unpaired) electrons. The number of carbonyl (C=O) groups is 1. The number of likely N-dealkylation sites (tertiary alicyclic amines) is 1. The minimum absolute atomic E-state index is 0.0234. The number of carbonyl (C=O) groups excluding carboxylic acids is 1. The van der Waals surface area contributed by atoms with Gasteiger partial charge in [0.2, 0.25) is 5.91 Å². The second-order valence-corrected chi connectivity index (χ2v) is 7.24. The second kappa shape index (κ2) is 8.91. The SMILES string of the molecule is Cn1nccc(/C=C/C(=O)N2CCC(Oc3cc(C(F)(F)F)ccc3Cl)CC2)c1=O. The van der Waals surface area contributed by atoms with E-state index in [2.05, 4.69) is 5.10 Å². The summed E-state index contributed by atoms with van der Waals surface area (Å²) in [5.41, 5.74) is -0.799. The molecule has 0 bridgehead atoms. The van der Waals surface area contributed by atoms with Crippen molar-refractivity contribution >= 4 is 23.6 Å². The summed E-state index contributed by atoms with van der Waals surface area (Å²) in [6.45, 7) is 0.748. The van der Waals surface area contributed by atoms with Crippen LogP contribution in [-0.2, 0) is 18.0 Å². The molecule has 160 valence electrons. The Bertz CT molecular complexity index is 1010. The minimum atomic E-state index is -4.49. The fourth-order valence-electron chi connectivity index (χ4n) is 3.06. The van der Waals surface area contributed by atoms with Crippen molar-refractivity contribution in [2.24, 2.45) is 7.05 Å². The van der Waals surface area contributed by atoms with Gasteiger partial charge in [0.05, 0.1) is 10.6 Å². The van der Waals surface area contributed by atoms with Gasteiger partial charge in [0.25, 0.3) is 5.56 Å². The van der Waals surface area contributed by atoms with E-state index in [0.29, 0.717) is 31.5 Å². The molecule has 1 fully saturated rings. The number of hydrogen-bond donors (Lipinski definition) is 0. The van der Waals surface area contributed by atoms with E-state index in [9.17, 15) is 22.8 Å². The molecule has 1 aliphatic rings. The summed E-state index contributed by atoms with van der Waals surface area (Å²) >= 11 is 5.97. The fourth-order valence-corrected chi connectivity index (χ4v) is 3.22. The van der Waals surface area contributed by atoms with Gasteiger partial charge in [-0.15, -0.1) is 0 Å². The molecular formula is C20H19ClF3N3O3. The molecule has 2 heterocycles. The zero-order chi connectivity index (χ0) is 21.9. The van der Waals surface area contributed by atoms with Crippen LogP contribution in [0, 0.1) is 0 Å². The molecular weight excluding hydrogens is 423 g/mol. The van der Waals surface area contributed by atoms with Crippen molar-refractivity contribution in [1.29, 1.82) is 0 Å². The first-order valence-electron chi connectivity index (χ1n) is 9.18. The van der Waals surface area contributed by atoms with Crippen LogP contribution in [0.5, 0.6) is 5.75 Å². The summed E-state index contributed by atoms with van der Waals surface area (Å²) in [6.07, 6.45) is 0.283. The summed E-state index contributed by atoms with van der Waals surface area (Å²) in [5.74, 6) is -0.283. The molecule has 3 rings (SSSR count). The molecule has 1 aromatic carbocycles. The molecule has 1 saturated heterocycles. The lowest BCUT2D eigenvalue weighted by atomic mass is 10.1. The quantitative estimate of drug-likeness (QED) is 0.681. The lowest BCUT2D eigenvalue weighted by Gasteiger charge is -2.31. The predicted octanol–water partition coefficient (Wildman–Crippen LogP) is 3.54. The Labute approximate surface area is 175 Å². The number of benzene rings is 1. The van der Waals surface area contributed by atoms with E-state index in [1.54, 1.807) is 4.90 Å². The molecule has 0 atom stereocenters. The number of rotatable bonds is 4. The molecule has 1 aliphatic heterocycles. The van der Waals surface area contributed by atoms with Crippen LogP contribution in [0.3, 0.4) is 0 Å². The van der Waals surface area contributed by atoms with E-state index in [4.69, 9.17) is 16.3 Å². The van der Waals surface area contributed by atoms with Crippen LogP contribution in [0.1, 0.15) is 24.0 Å². The van der Waals surface area contributed by atoms with Crippen LogP contribution in [0.4, 0.5) is 13.2 Å². The summed E-state index contributed by atoms with van der Waals surface area (Å²) in [6, 6.07) is 4.47. The van der Waals surface area contributed by atoms with E-state index in [-0.39, 0.29) is 28.3 Å². The molecule has 1 aromatic heterocycles. The Morgan fingerprint density at radius 1 is 1.27 bits per heavy atom. The average Bonchev–Trinajstić information content (AvgIpc) is 2.70. The molecule has 0 spiro atoms. The molecule has 10 heteroatoms. The first kappa shape index (κ1) is 21.9. The molecule has 6 nitrogen and oxygen atoms in total. The number of nitrogens with zero attached hydrogens (tertiary/aromatic N) is 3. The lowest BCUT2D eigenvalue weighted by molar-refractivity contribution is -0.137. The molecule has 2 aromatic rings. The number of aryl methyl sites for hydroxylation is 1. The number of hydrogen-bond acceptors (Lipinski definition) is 4. The van der Waals surface area contributed by atoms with E-state index >= 15 is 0 Å². The van der Waals surface area contributed by atoms with Gasteiger partial charge in [0, 0.05) is 50.8 Å². The van der Waals surface area contributed by atoms with E-state index < -0.39 is 11.7 Å². The van der Waals surface area contributed by atoms with Gasteiger partial charge in [-0.2, -0.15) is 18.3 Å². The largest absolute Gasteiger partial charge is 0.489 e. The van der Waals surface area contributed by atoms with Crippen molar-refractivity contribution in [2.75, 3.05) is 13.1 Å². The van der Waals surface area contributed by atoms with Gasteiger partial charge in [0.15, 0.2) is 0 Å². The predicted molar refractivity (Wildman–Crippen MR) is 105 cm³/mol. The Hall–Kier alpha value is -2.81. The maximum atomic E-state index is 12.9. The highest BCUT2D eigenvalue weighted by atomic mass is 35.5. The second-order valence-electron chi connectivity index (χ2n) is 6.83. The van der Waals surface area contributed by atoms with E-state index in [0.717, 1.165) is 18.2 Å². The zero-order valence-corrected chi connectivity index (χ0v) is 16.8. The summed E-state index contributed by atoms with van der Waals surface area (Å²) < 4.78 is 45.5. The Balaban J connectivity index is 1.59. The lowest BCUT2D eigenvalue weighted by Crippen LogP contribution is -2.41. The monoisotopic (exact) mass is 441 g/mol. The van der Waals surface area contributed by atoms with Gasteiger partial charge < -0.3 is 9.64 Å². The maximum absolute atomic E-state index is 12.9. The number of ether oxygens (including phenoxy) is 1. The third-order valence-electron chi connectivity index (χ3n) is 4.75.